The topological polar surface area (TPSA) is 58.7 Å². The molecule has 0 aromatic rings. The van der Waals surface area contributed by atoms with E-state index in [0.29, 0.717) is 13.0 Å². The van der Waals surface area contributed by atoms with Gasteiger partial charge in [0.25, 0.3) is 0 Å². The van der Waals surface area contributed by atoms with Crippen LogP contribution in [0, 0.1) is 0 Å². The predicted octanol–water partition coefficient (Wildman–Crippen LogP) is 0.586. The van der Waals surface area contributed by atoms with Crippen molar-refractivity contribution in [1.29, 1.82) is 0 Å². The molecule has 1 rings (SSSR count). The zero-order valence-electron chi connectivity index (χ0n) is 11.0. The van der Waals surface area contributed by atoms with Crippen LogP contribution in [-0.4, -0.2) is 53.5 Å². The molecular weight excluding hydrogens is 204 g/mol. The van der Waals surface area contributed by atoms with Gasteiger partial charge in [-0.15, -0.1) is 0 Å². The third-order valence-electron chi connectivity index (χ3n) is 3.05. The molecule has 1 heterocycles. The quantitative estimate of drug-likeness (QED) is 0.742. The molecule has 2 unspecified atom stereocenters. The minimum absolute atomic E-state index is 0.0910. The first-order valence-electron chi connectivity index (χ1n) is 6.07. The lowest BCUT2D eigenvalue weighted by Crippen LogP contribution is -2.53. The smallest absolute Gasteiger partial charge is 0.0757 e. The molecule has 1 aliphatic rings. The van der Waals surface area contributed by atoms with Crippen LogP contribution in [0.3, 0.4) is 0 Å². The Labute approximate surface area is 98.8 Å². The van der Waals surface area contributed by atoms with Crippen molar-refractivity contribution in [2.75, 3.05) is 26.2 Å². The predicted molar refractivity (Wildman–Crippen MR) is 65.4 cm³/mol. The maximum Gasteiger partial charge on any atom is 0.0757 e. The van der Waals surface area contributed by atoms with E-state index in [1.807, 2.05) is 0 Å². The fourth-order valence-electron chi connectivity index (χ4n) is 2.26. The standard InChI is InChI=1S/C12H26N2O2/c1-10-7-14(9-11(2,3)16-10)6-5-12(4,15)8-13/h10,15H,5-9,13H2,1-4H3. The monoisotopic (exact) mass is 230 g/mol. The van der Waals surface area contributed by atoms with Gasteiger partial charge in [-0.1, -0.05) is 0 Å². The number of nitrogens with two attached hydrogens (primary N) is 1. The summed E-state index contributed by atoms with van der Waals surface area (Å²) in [4.78, 5) is 2.35. The van der Waals surface area contributed by atoms with Gasteiger partial charge in [0.15, 0.2) is 0 Å². The van der Waals surface area contributed by atoms with E-state index in [0.717, 1.165) is 19.6 Å². The molecule has 3 N–H and O–H groups in total. The van der Waals surface area contributed by atoms with Gasteiger partial charge in [-0.05, 0) is 34.1 Å². The number of hydrogen-bond acceptors (Lipinski definition) is 4. The van der Waals surface area contributed by atoms with Crippen molar-refractivity contribution in [2.45, 2.75) is 51.4 Å². The zero-order valence-corrected chi connectivity index (χ0v) is 11.0. The summed E-state index contributed by atoms with van der Waals surface area (Å²) < 4.78 is 5.83. The van der Waals surface area contributed by atoms with Crippen LogP contribution in [0.5, 0.6) is 0 Å². The molecule has 0 bridgehead atoms. The Morgan fingerprint density at radius 1 is 1.56 bits per heavy atom. The van der Waals surface area contributed by atoms with Crippen LogP contribution in [0.4, 0.5) is 0 Å². The molecule has 1 fully saturated rings. The van der Waals surface area contributed by atoms with E-state index in [-0.39, 0.29) is 11.7 Å². The molecule has 0 aromatic carbocycles. The van der Waals surface area contributed by atoms with E-state index in [1.54, 1.807) is 6.92 Å². The Morgan fingerprint density at radius 2 is 2.19 bits per heavy atom. The summed E-state index contributed by atoms with van der Waals surface area (Å²) in [5, 5.41) is 9.87. The molecule has 0 spiro atoms. The van der Waals surface area contributed by atoms with E-state index in [9.17, 15) is 5.11 Å². The van der Waals surface area contributed by atoms with Crippen LogP contribution in [0.15, 0.2) is 0 Å². The highest BCUT2D eigenvalue weighted by atomic mass is 16.5. The Kier molecular flexibility index (Phi) is 4.35. The Balaban J connectivity index is 2.43. The van der Waals surface area contributed by atoms with Crippen molar-refractivity contribution in [2.24, 2.45) is 5.73 Å². The molecule has 0 saturated carbocycles. The molecular formula is C12H26N2O2. The Morgan fingerprint density at radius 3 is 2.69 bits per heavy atom. The molecule has 16 heavy (non-hydrogen) atoms. The second-order valence-electron chi connectivity index (χ2n) is 5.87. The van der Waals surface area contributed by atoms with Gasteiger partial charge in [-0.25, -0.2) is 0 Å². The first kappa shape index (κ1) is 13.9. The van der Waals surface area contributed by atoms with Crippen LogP contribution in [-0.2, 0) is 4.74 Å². The van der Waals surface area contributed by atoms with Crippen molar-refractivity contribution >= 4 is 0 Å². The molecule has 0 aliphatic carbocycles. The average molecular weight is 230 g/mol. The van der Waals surface area contributed by atoms with Crippen molar-refractivity contribution in [1.82, 2.24) is 4.90 Å². The zero-order chi connectivity index (χ0) is 12.4. The normalized spacial score (nSPS) is 30.0. The maximum atomic E-state index is 9.87. The highest BCUT2D eigenvalue weighted by Gasteiger charge is 2.32. The first-order chi connectivity index (χ1) is 7.24. The molecule has 4 heteroatoms. The van der Waals surface area contributed by atoms with Crippen molar-refractivity contribution < 1.29 is 9.84 Å². The van der Waals surface area contributed by atoms with Gasteiger partial charge in [0.05, 0.1) is 17.3 Å². The van der Waals surface area contributed by atoms with Gasteiger partial charge in [-0.2, -0.15) is 0 Å². The molecule has 96 valence electrons. The highest BCUT2D eigenvalue weighted by Crippen LogP contribution is 2.21. The lowest BCUT2D eigenvalue weighted by Gasteiger charge is -2.42. The van der Waals surface area contributed by atoms with Crippen LogP contribution in [0.1, 0.15) is 34.1 Å². The number of nitrogens with zero attached hydrogens (tertiary/aromatic N) is 1. The number of hydrogen-bond donors (Lipinski definition) is 2. The summed E-state index contributed by atoms with van der Waals surface area (Å²) in [6.07, 6.45) is 0.971. The molecule has 1 saturated heterocycles. The molecule has 4 nitrogen and oxygen atoms in total. The van der Waals surface area contributed by atoms with Gasteiger partial charge in [0.2, 0.25) is 0 Å². The molecule has 1 aliphatic heterocycles. The molecule has 0 radical (unpaired) electrons. The largest absolute Gasteiger partial charge is 0.389 e. The number of ether oxygens (including phenoxy) is 1. The minimum Gasteiger partial charge on any atom is -0.389 e. The SMILES string of the molecule is CC1CN(CCC(C)(O)CN)CC(C)(C)O1. The third kappa shape index (κ3) is 4.37. The van der Waals surface area contributed by atoms with Crippen molar-refractivity contribution in [3.63, 3.8) is 0 Å². The summed E-state index contributed by atoms with van der Waals surface area (Å²) in [6.45, 7) is 11.1. The van der Waals surface area contributed by atoms with Crippen LogP contribution < -0.4 is 5.73 Å². The summed E-state index contributed by atoms with van der Waals surface area (Å²) in [6, 6.07) is 0. The Hall–Kier alpha value is -0.160. The highest BCUT2D eigenvalue weighted by molar-refractivity contribution is 4.84. The van der Waals surface area contributed by atoms with Gasteiger partial charge >= 0.3 is 0 Å². The van der Waals surface area contributed by atoms with E-state index >= 15 is 0 Å². The van der Waals surface area contributed by atoms with Gasteiger partial charge in [0, 0.05) is 26.2 Å². The van der Waals surface area contributed by atoms with Crippen LogP contribution >= 0.6 is 0 Å². The van der Waals surface area contributed by atoms with Gasteiger partial charge in [0.1, 0.15) is 0 Å². The number of aliphatic hydroxyl groups is 1. The third-order valence-corrected chi connectivity index (χ3v) is 3.05. The maximum absolute atomic E-state index is 9.87. The molecule has 0 aromatic heterocycles. The lowest BCUT2D eigenvalue weighted by molar-refractivity contribution is -0.131. The number of rotatable bonds is 4. The average Bonchev–Trinajstić information content (AvgIpc) is 2.12. The first-order valence-corrected chi connectivity index (χ1v) is 6.07. The van der Waals surface area contributed by atoms with Crippen LogP contribution in [0.25, 0.3) is 0 Å². The Bertz CT molecular complexity index is 229. The van der Waals surface area contributed by atoms with E-state index in [4.69, 9.17) is 10.5 Å². The van der Waals surface area contributed by atoms with E-state index in [2.05, 4.69) is 25.7 Å². The summed E-state index contributed by atoms with van der Waals surface area (Å²) >= 11 is 0. The van der Waals surface area contributed by atoms with Crippen LogP contribution in [0.2, 0.25) is 0 Å². The fourth-order valence-corrected chi connectivity index (χ4v) is 2.26. The summed E-state index contributed by atoms with van der Waals surface area (Å²) in [5.74, 6) is 0. The minimum atomic E-state index is -0.744. The fraction of sp³-hybridized carbons (Fsp3) is 1.00. The summed E-state index contributed by atoms with van der Waals surface area (Å²) in [7, 11) is 0. The van der Waals surface area contributed by atoms with Crippen molar-refractivity contribution in [3.05, 3.63) is 0 Å². The van der Waals surface area contributed by atoms with E-state index in [1.165, 1.54) is 0 Å². The van der Waals surface area contributed by atoms with Gasteiger partial charge in [-0.3, -0.25) is 4.90 Å². The molecule has 0 amide bonds. The van der Waals surface area contributed by atoms with Crippen molar-refractivity contribution in [3.8, 4) is 0 Å². The summed E-state index contributed by atoms with van der Waals surface area (Å²) in [5.41, 5.74) is 4.67. The second kappa shape index (κ2) is 5.00. The number of morpholine rings is 1. The van der Waals surface area contributed by atoms with E-state index < -0.39 is 5.60 Å². The second-order valence-corrected chi connectivity index (χ2v) is 5.87. The van der Waals surface area contributed by atoms with Gasteiger partial charge < -0.3 is 15.6 Å². The lowest BCUT2D eigenvalue weighted by atomic mass is 10.0. The molecule has 2 atom stereocenters.